The Morgan fingerprint density at radius 2 is 1.95 bits per heavy atom. The van der Waals surface area contributed by atoms with Gasteiger partial charge in [-0.25, -0.2) is 19.6 Å². The van der Waals surface area contributed by atoms with Gasteiger partial charge in [0.15, 0.2) is 11.6 Å². The van der Waals surface area contributed by atoms with Crippen LogP contribution in [0.5, 0.6) is 0 Å². The zero-order valence-corrected chi connectivity index (χ0v) is 22.0. The maximum absolute atomic E-state index is 15.8. The van der Waals surface area contributed by atoms with Crippen molar-refractivity contribution >= 4 is 34.9 Å². The smallest absolute Gasteiger partial charge is 0.341 e. The number of carbonyl (C=O) groups is 2. The van der Waals surface area contributed by atoms with Crippen LogP contribution in [0.3, 0.4) is 0 Å². The molecular weight excluding hydrogens is 533 g/mol. The molecule has 1 amide bonds. The highest BCUT2D eigenvalue weighted by molar-refractivity contribution is 5.96. The Labute approximate surface area is 232 Å². The minimum atomic E-state index is -1.38. The molecule has 14 heteroatoms. The number of carboxylic acids is 1. The molecule has 1 aliphatic heterocycles. The maximum atomic E-state index is 15.8. The molecule has 1 saturated carbocycles. The van der Waals surface area contributed by atoms with E-state index in [0.717, 1.165) is 18.9 Å². The van der Waals surface area contributed by atoms with Crippen LogP contribution in [-0.2, 0) is 0 Å². The fourth-order valence-electron chi connectivity index (χ4n) is 4.90. The van der Waals surface area contributed by atoms with Crippen molar-refractivity contribution in [2.45, 2.75) is 25.8 Å². The van der Waals surface area contributed by atoms with Crippen LogP contribution in [0.15, 0.2) is 46.7 Å². The number of amides is 1. The van der Waals surface area contributed by atoms with Gasteiger partial charge in [0.1, 0.15) is 17.0 Å². The number of hydrazone groups is 1. The predicted octanol–water partition coefficient (Wildman–Crippen LogP) is 1.63. The van der Waals surface area contributed by atoms with E-state index in [-0.39, 0.29) is 22.9 Å². The van der Waals surface area contributed by atoms with E-state index in [1.54, 1.807) is 23.6 Å². The molecule has 4 aromatic rings. The molecule has 0 aromatic carbocycles. The van der Waals surface area contributed by atoms with Crippen molar-refractivity contribution in [1.29, 1.82) is 0 Å². The monoisotopic (exact) mass is 559 g/mol. The molecule has 41 heavy (non-hydrogen) atoms. The Hall–Kier alpha value is -4.98. The quantitative estimate of drug-likeness (QED) is 0.226. The summed E-state index contributed by atoms with van der Waals surface area (Å²) in [5, 5.41) is 21.5. The van der Waals surface area contributed by atoms with Gasteiger partial charge in [-0.15, -0.1) is 0 Å². The molecule has 210 valence electrons. The standard InChI is InChI=1S/C27H26FN9O4/c1-15-19(13-31-33-25(39)16-4-6-29-7-5-16)26(35-10-8-30-9-11-35)37(34-15)24-21(28)12-18-22(38)20(27(40)41)14-36(17-2-3-17)23(18)32-24/h4-7,12-14,17,30H,2-3,8-11H2,1H3,(H,33,39)(H,40,41)/b31-13-. The lowest BCUT2D eigenvalue weighted by Crippen LogP contribution is -2.44. The number of pyridine rings is 3. The van der Waals surface area contributed by atoms with Crippen LogP contribution < -0.4 is 21.1 Å². The van der Waals surface area contributed by atoms with Gasteiger partial charge < -0.3 is 19.9 Å². The van der Waals surface area contributed by atoms with Gasteiger partial charge in [0.25, 0.3) is 5.91 Å². The highest BCUT2D eigenvalue weighted by Gasteiger charge is 2.30. The summed E-state index contributed by atoms with van der Waals surface area (Å²) in [6, 6.07) is 4.14. The highest BCUT2D eigenvalue weighted by Crippen LogP contribution is 2.37. The minimum Gasteiger partial charge on any atom is -0.477 e. The van der Waals surface area contributed by atoms with E-state index in [1.165, 1.54) is 29.5 Å². The van der Waals surface area contributed by atoms with Crippen molar-refractivity contribution in [1.82, 2.24) is 35.1 Å². The summed E-state index contributed by atoms with van der Waals surface area (Å²) in [5.74, 6) is -2.23. The maximum Gasteiger partial charge on any atom is 0.341 e. The van der Waals surface area contributed by atoms with Crippen LogP contribution in [0.2, 0.25) is 0 Å². The third-order valence-electron chi connectivity index (χ3n) is 7.11. The van der Waals surface area contributed by atoms with E-state index in [9.17, 15) is 19.5 Å². The molecule has 0 radical (unpaired) electrons. The normalized spacial score (nSPS) is 15.5. The van der Waals surface area contributed by atoms with E-state index >= 15 is 4.39 Å². The van der Waals surface area contributed by atoms with Crippen LogP contribution in [0.1, 0.15) is 50.9 Å². The number of halogens is 1. The number of aromatic carboxylic acids is 1. The van der Waals surface area contributed by atoms with Gasteiger partial charge in [-0.05, 0) is 38.0 Å². The van der Waals surface area contributed by atoms with E-state index in [2.05, 4.69) is 30.9 Å². The summed E-state index contributed by atoms with van der Waals surface area (Å²) < 4.78 is 18.8. The summed E-state index contributed by atoms with van der Waals surface area (Å²) in [4.78, 5) is 47.6. The number of rotatable bonds is 7. The molecule has 1 saturated heterocycles. The summed E-state index contributed by atoms with van der Waals surface area (Å²) in [5.41, 5.74) is 2.93. The number of hydrogen-bond acceptors (Lipinski definition) is 9. The van der Waals surface area contributed by atoms with E-state index in [4.69, 9.17) is 0 Å². The molecule has 3 N–H and O–H groups in total. The molecular formula is C27H26FN9O4. The summed E-state index contributed by atoms with van der Waals surface area (Å²) >= 11 is 0. The lowest BCUT2D eigenvalue weighted by atomic mass is 10.2. The van der Waals surface area contributed by atoms with E-state index in [1.807, 2.05) is 4.90 Å². The first-order valence-corrected chi connectivity index (χ1v) is 13.1. The minimum absolute atomic E-state index is 0.0271. The van der Waals surface area contributed by atoms with Crippen LogP contribution in [0, 0.1) is 12.7 Å². The number of aromatic nitrogens is 5. The molecule has 1 aliphatic carbocycles. The topological polar surface area (TPSA) is 160 Å². The van der Waals surface area contributed by atoms with Gasteiger partial charge in [-0.1, -0.05) is 0 Å². The average molecular weight is 560 g/mol. The third kappa shape index (κ3) is 4.93. The first-order chi connectivity index (χ1) is 19.8. The summed E-state index contributed by atoms with van der Waals surface area (Å²) in [7, 11) is 0. The molecule has 0 bridgehead atoms. The van der Waals surface area contributed by atoms with Gasteiger partial charge >= 0.3 is 5.97 Å². The molecule has 13 nitrogen and oxygen atoms in total. The summed E-state index contributed by atoms with van der Waals surface area (Å²) in [6.45, 7) is 4.31. The third-order valence-corrected chi connectivity index (χ3v) is 7.11. The number of carbonyl (C=O) groups excluding carboxylic acids is 1. The SMILES string of the molecule is Cc1nn(-c2nc3c(cc2F)c(=O)c(C(=O)O)cn3C2CC2)c(N2CCNCC2)c1/C=N\NC(=O)c1ccncc1. The number of nitrogens with zero attached hydrogens (tertiary/aromatic N) is 7. The Morgan fingerprint density at radius 1 is 1.22 bits per heavy atom. The average Bonchev–Trinajstić information content (AvgIpc) is 3.77. The van der Waals surface area contributed by atoms with E-state index in [0.29, 0.717) is 48.8 Å². The largest absolute Gasteiger partial charge is 0.477 e. The second-order valence-electron chi connectivity index (χ2n) is 9.89. The Kier molecular flexibility index (Phi) is 6.75. The number of nitrogens with one attached hydrogen (secondary N) is 2. The Morgan fingerprint density at radius 3 is 2.63 bits per heavy atom. The fraction of sp³-hybridized carbons (Fsp3) is 0.296. The van der Waals surface area contributed by atoms with Crippen LogP contribution in [0.4, 0.5) is 10.2 Å². The van der Waals surface area contributed by atoms with Crippen LogP contribution in [0.25, 0.3) is 16.9 Å². The molecule has 2 aliphatic rings. The zero-order chi connectivity index (χ0) is 28.7. The highest BCUT2D eigenvalue weighted by atomic mass is 19.1. The van der Waals surface area contributed by atoms with Crippen molar-refractivity contribution in [3.63, 3.8) is 0 Å². The van der Waals surface area contributed by atoms with Gasteiger partial charge in [-0.2, -0.15) is 14.9 Å². The molecule has 5 heterocycles. The van der Waals surface area contributed by atoms with Gasteiger partial charge in [0.2, 0.25) is 5.43 Å². The molecule has 0 spiro atoms. The molecule has 2 fully saturated rings. The predicted molar refractivity (Wildman–Crippen MR) is 147 cm³/mol. The molecule has 4 aromatic heterocycles. The van der Waals surface area contributed by atoms with Gasteiger partial charge in [-0.3, -0.25) is 14.6 Å². The first kappa shape index (κ1) is 26.3. The van der Waals surface area contributed by atoms with Crippen molar-refractivity contribution in [3.05, 3.63) is 75.2 Å². The van der Waals surface area contributed by atoms with Crippen molar-refractivity contribution < 1.29 is 19.1 Å². The van der Waals surface area contributed by atoms with Crippen LogP contribution in [-0.4, -0.2) is 73.7 Å². The lowest BCUT2D eigenvalue weighted by molar-refractivity contribution is 0.0694. The Bertz CT molecular complexity index is 1760. The Balaban J connectivity index is 1.47. The van der Waals surface area contributed by atoms with E-state index < -0.39 is 28.7 Å². The molecule has 0 atom stereocenters. The number of aryl methyl sites for hydroxylation is 1. The van der Waals surface area contributed by atoms with Crippen molar-refractivity contribution in [3.8, 4) is 5.82 Å². The van der Waals surface area contributed by atoms with Gasteiger partial charge in [0, 0.05) is 56.4 Å². The molecule has 6 rings (SSSR count). The lowest BCUT2D eigenvalue weighted by Gasteiger charge is -2.30. The number of piperazine rings is 1. The zero-order valence-electron chi connectivity index (χ0n) is 22.0. The first-order valence-electron chi connectivity index (χ1n) is 13.1. The molecule has 0 unspecified atom stereocenters. The van der Waals surface area contributed by atoms with Crippen molar-refractivity contribution in [2.24, 2.45) is 5.10 Å². The second-order valence-corrected chi connectivity index (χ2v) is 9.89. The summed E-state index contributed by atoms with van der Waals surface area (Å²) in [6.07, 6.45) is 7.35. The number of carboxylic acid groups (broad SMARTS) is 1. The number of anilines is 1. The fourth-order valence-corrected chi connectivity index (χ4v) is 4.90. The van der Waals surface area contributed by atoms with Gasteiger partial charge in [0.05, 0.1) is 22.9 Å². The van der Waals surface area contributed by atoms with Crippen molar-refractivity contribution in [2.75, 3.05) is 31.1 Å². The second kappa shape index (κ2) is 10.5. The number of hydrogen-bond donors (Lipinski definition) is 3. The number of fused-ring (bicyclic) bond motifs is 1. The van der Waals surface area contributed by atoms with Crippen LogP contribution >= 0.6 is 0 Å².